The standard InChI is InChI=1S/C21H24FN3/c22-19-5-1-3-18(14-19)13-17-8-11-25(12-9-17)10-2-4-16-6-7-20(23)21(24)15-16/h1,3,5-7,14-15,17H,8-13,23-24H2. The van der Waals surface area contributed by atoms with Crippen LogP contribution in [0.4, 0.5) is 15.8 Å². The van der Waals surface area contributed by atoms with Gasteiger partial charge in [-0.2, -0.15) is 0 Å². The van der Waals surface area contributed by atoms with Gasteiger partial charge in [0, 0.05) is 5.56 Å². The lowest BCUT2D eigenvalue weighted by Crippen LogP contribution is -2.34. The SMILES string of the molecule is Nc1ccc(C#CCN2CCC(Cc3cccc(F)c3)CC2)cc1N. The molecule has 4 N–H and O–H groups in total. The van der Waals surface area contributed by atoms with E-state index in [1.807, 2.05) is 18.2 Å². The quantitative estimate of drug-likeness (QED) is 0.667. The number of hydrogen-bond acceptors (Lipinski definition) is 3. The van der Waals surface area contributed by atoms with Gasteiger partial charge in [0.25, 0.3) is 0 Å². The minimum absolute atomic E-state index is 0.145. The highest BCUT2D eigenvalue weighted by molar-refractivity contribution is 5.65. The Morgan fingerprint density at radius 1 is 1.04 bits per heavy atom. The number of nitrogens with two attached hydrogens (primary N) is 2. The zero-order valence-corrected chi connectivity index (χ0v) is 14.3. The molecule has 0 aliphatic carbocycles. The van der Waals surface area contributed by atoms with Gasteiger partial charge in [0.15, 0.2) is 0 Å². The van der Waals surface area contributed by atoms with Gasteiger partial charge in [-0.1, -0.05) is 24.0 Å². The topological polar surface area (TPSA) is 55.3 Å². The van der Waals surface area contributed by atoms with Gasteiger partial charge in [-0.25, -0.2) is 4.39 Å². The van der Waals surface area contributed by atoms with Crippen LogP contribution in [0.5, 0.6) is 0 Å². The molecule has 0 unspecified atom stereocenters. The number of nitrogen functional groups attached to an aromatic ring is 2. The van der Waals surface area contributed by atoms with Crippen molar-refractivity contribution in [2.24, 2.45) is 5.92 Å². The highest BCUT2D eigenvalue weighted by Crippen LogP contribution is 2.22. The molecule has 3 rings (SSSR count). The number of rotatable bonds is 3. The molecular formula is C21H24FN3. The van der Waals surface area contributed by atoms with E-state index in [9.17, 15) is 4.39 Å². The first kappa shape index (κ1) is 17.3. The van der Waals surface area contributed by atoms with Crippen LogP contribution >= 0.6 is 0 Å². The lowest BCUT2D eigenvalue weighted by molar-refractivity contribution is 0.203. The molecule has 3 nitrogen and oxygen atoms in total. The average Bonchev–Trinajstić information content (AvgIpc) is 2.60. The smallest absolute Gasteiger partial charge is 0.123 e. The Morgan fingerprint density at radius 3 is 2.56 bits per heavy atom. The molecule has 1 aliphatic heterocycles. The van der Waals surface area contributed by atoms with E-state index in [-0.39, 0.29) is 5.82 Å². The van der Waals surface area contributed by atoms with Gasteiger partial charge in [-0.15, -0.1) is 0 Å². The fourth-order valence-electron chi connectivity index (χ4n) is 3.25. The van der Waals surface area contributed by atoms with E-state index < -0.39 is 0 Å². The Bertz CT molecular complexity index is 783. The molecule has 1 fully saturated rings. The molecule has 0 atom stereocenters. The van der Waals surface area contributed by atoms with Crippen molar-refractivity contribution in [2.45, 2.75) is 19.3 Å². The minimum atomic E-state index is -0.145. The maximum absolute atomic E-state index is 13.3. The summed E-state index contributed by atoms with van der Waals surface area (Å²) in [5.41, 5.74) is 14.7. The highest BCUT2D eigenvalue weighted by Gasteiger charge is 2.18. The molecule has 0 bridgehead atoms. The van der Waals surface area contributed by atoms with E-state index in [2.05, 4.69) is 16.7 Å². The summed E-state index contributed by atoms with van der Waals surface area (Å²) in [6.07, 6.45) is 3.22. The first-order chi connectivity index (χ1) is 12.1. The number of hydrogen-bond donors (Lipinski definition) is 2. The normalized spacial score (nSPS) is 15.6. The molecular weight excluding hydrogens is 313 g/mol. The summed E-state index contributed by atoms with van der Waals surface area (Å²) in [4.78, 5) is 2.37. The van der Waals surface area contributed by atoms with Crippen molar-refractivity contribution in [3.05, 3.63) is 59.4 Å². The van der Waals surface area contributed by atoms with Gasteiger partial charge in [-0.3, -0.25) is 4.90 Å². The van der Waals surface area contributed by atoms with Gasteiger partial charge in [0.2, 0.25) is 0 Å². The van der Waals surface area contributed by atoms with Crippen LogP contribution in [-0.2, 0) is 6.42 Å². The van der Waals surface area contributed by atoms with Crippen LogP contribution in [0.2, 0.25) is 0 Å². The molecule has 1 saturated heterocycles. The molecule has 2 aromatic carbocycles. The third-order valence-corrected chi connectivity index (χ3v) is 4.74. The van der Waals surface area contributed by atoms with Crippen LogP contribution in [-0.4, -0.2) is 24.5 Å². The van der Waals surface area contributed by atoms with Crippen molar-refractivity contribution in [1.82, 2.24) is 4.90 Å². The molecule has 2 aromatic rings. The van der Waals surface area contributed by atoms with Gasteiger partial charge < -0.3 is 11.5 Å². The third-order valence-electron chi connectivity index (χ3n) is 4.74. The molecule has 0 spiro atoms. The van der Waals surface area contributed by atoms with Crippen LogP contribution in [0.15, 0.2) is 42.5 Å². The number of anilines is 2. The molecule has 130 valence electrons. The lowest BCUT2D eigenvalue weighted by atomic mass is 9.90. The lowest BCUT2D eigenvalue weighted by Gasteiger charge is -2.30. The number of likely N-dealkylation sites (tertiary alicyclic amines) is 1. The summed E-state index contributed by atoms with van der Waals surface area (Å²) in [7, 11) is 0. The van der Waals surface area contributed by atoms with Crippen molar-refractivity contribution in [3.63, 3.8) is 0 Å². The number of benzene rings is 2. The van der Waals surface area contributed by atoms with Crippen LogP contribution in [0.1, 0.15) is 24.0 Å². The highest BCUT2D eigenvalue weighted by atomic mass is 19.1. The van der Waals surface area contributed by atoms with E-state index in [4.69, 9.17) is 11.5 Å². The van der Waals surface area contributed by atoms with Crippen LogP contribution in [0, 0.1) is 23.6 Å². The van der Waals surface area contributed by atoms with E-state index in [0.29, 0.717) is 17.3 Å². The van der Waals surface area contributed by atoms with Crippen molar-refractivity contribution in [1.29, 1.82) is 0 Å². The predicted octanol–water partition coefficient (Wildman–Crippen LogP) is 3.30. The Balaban J connectivity index is 1.46. The third kappa shape index (κ3) is 4.98. The van der Waals surface area contributed by atoms with Gasteiger partial charge in [0.1, 0.15) is 5.82 Å². The second-order valence-electron chi connectivity index (χ2n) is 6.70. The second-order valence-corrected chi connectivity index (χ2v) is 6.70. The van der Waals surface area contributed by atoms with Crippen molar-refractivity contribution in [3.8, 4) is 11.8 Å². The van der Waals surface area contributed by atoms with Crippen LogP contribution in [0.3, 0.4) is 0 Å². The van der Waals surface area contributed by atoms with Gasteiger partial charge in [-0.05, 0) is 74.2 Å². The fraction of sp³-hybridized carbons (Fsp3) is 0.333. The van der Waals surface area contributed by atoms with E-state index in [1.54, 1.807) is 18.2 Å². The first-order valence-electron chi connectivity index (χ1n) is 8.71. The Kier molecular flexibility index (Phi) is 5.57. The molecule has 1 heterocycles. The van der Waals surface area contributed by atoms with Crippen molar-refractivity contribution < 1.29 is 4.39 Å². The Labute approximate surface area is 148 Å². The molecule has 0 radical (unpaired) electrons. The monoisotopic (exact) mass is 337 g/mol. The summed E-state index contributed by atoms with van der Waals surface area (Å²) in [5.74, 6) is 6.85. The molecule has 1 aliphatic rings. The molecule has 4 heteroatoms. The minimum Gasteiger partial charge on any atom is -0.397 e. The summed E-state index contributed by atoms with van der Waals surface area (Å²) < 4.78 is 13.3. The van der Waals surface area contributed by atoms with E-state index >= 15 is 0 Å². The average molecular weight is 337 g/mol. The first-order valence-corrected chi connectivity index (χ1v) is 8.71. The largest absolute Gasteiger partial charge is 0.397 e. The maximum Gasteiger partial charge on any atom is 0.123 e. The van der Waals surface area contributed by atoms with Crippen LogP contribution < -0.4 is 11.5 Å². The zero-order chi connectivity index (χ0) is 17.6. The van der Waals surface area contributed by atoms with Gasteiger partial charge >= 0.3 is 0 Å². The fourth-order valence-corrected chi connectivity index (χ4v) is 3.25. The zero-order valence-electron chi connectivity index (χ0n) is 14.3. The number of nitrogens with zero attached hydrogens (tertiary/aromatic N) is 1. The maximum atomic E-state index is 13.3. The number of halogens is 1. The molecule has 0 amide bonds. The Hall–Kier alpha value is -2.51. The molecule has 25 heavy (non-hydrogen) atoms. The van der Waals surface area contributed by atoms with Crippen molar-refractivity contribution in [2.75, 3.05) is 31.1 Å². The summed E-state index contributed by atoms with van der Waals surface area (Å²) in [6, 6.07) is 12.4. The van der Waals surface area contributed by atoms with E-state index in [0.717, 1.165) is 50.0 Å². The number of piperidine rings is 1. The summed E-state index contributed by atoms with van der Waals surface area (Å²) >= 11 is 0. The summed E-state index contributed by atoms with van der Waals surface area (Å²) in [6.45, 7) is 2.84. The Morgan fingerprint density at radius 2 is 1.84 bits per heavy atom. The molecule has 0 aromatic heterocycles. The second kappa shape index (κ2) is 8.04. The van der Waals surface area contributed by atoms with Gasteiger partial charge in [0.05, 0.1) is 17.9 Å². The molecule has 0 saturated carbocycles. The summed E-state index contributed by atoms with van der Waals surface area (Å²) in [5, 5.41) is 0. The van der Waals surface area contributed by atoms with Crippen molar-refractivity contribution >= 4 is 11.4 Å². The van der Waals surface area contributed by atoms with Crippen LogP contribution in [0.25, 0.3) is 0 Å². The predicted molar refractivity (Wildman–Crippen MR) is 101 cm³/mol. The van der Waals surface area contributed by atoms with E-state index in [1.165, 1.54) is 6.07 Å².